The highest BCUT2D eigenvalue weighted by Gasteiger charge is 2.18. The van der Waals surface area contributed by atoms with Crippen molar-refractivity contribution in [3.8, 4) is 0 Å². The van der Waals surface area contributed by atoms with Crippen molar-refractivity contribution in [2.24, 2.45) is 0 Å². The highest BCUT2D eigenvalue weighted by molar-refractivity contribution is 5.85. The van der Waals surface area contributed by atoms with Crippen molar-refractivity contribution in [1.82, 2.24) is 5.32 Å². The number of nitrogens with one attached hydrogen (secondary N) is 1. The maximum Gasteiger partial charge on any atom is 0.310 e. The van der Waals surface area contributed by atoms with Gasteiger partial charge in [0.2, 0.25) is 0 Å². The van der Waals surface area contributed by atoms with Crippen molar-refractivity contribution < 1.29 is 9.90 Å². The third-order valence-corrected chi connectivity index (χ3v) is 3.29. The molecule has 0 aliphatic rings. The number of carbonyl (C=O) groups is 1. The minimum atomic E-state index is -0.729. The van der Waals surface area contributed by atoms with E-state index in [1.165, 1.54) is 5.56 Å². The standard InChI is InChI=1S/C15H23NO2.ClH/c1-4-5-14(15(17)18)13-8-6-12(7-9-13)10-11(2)16-3;/h6-9,11,14,16H,4-5,10H2,1-3H3,(H,17,18);1H. The van der Waals surface area contributed by atoms with Crippen LogP contribution in [0.1, 0.15) is 43.7 Å². The Hall–Kier alpha value is -1.06. The smallest absolute Gasteiger partial charge is 0.310 e. The quantitative estimate of drug-likeness (QED) is 0.809. The van der Waals surface area contributed by atoms with Gasteiger partial charge in [0.15, 0.2) is 0 Å². The molecule has 2 unspecified atom stereocenters. The van der Waals surface area contributed by atoms with E-state index in [0.29, 0.717) is 12.5 Å². The van der Waals surface area contributed by atoms with E-state index < -0.39 is 5.97 Å². The van der Waals surface area contributed by atoms with E-state index in [1.54, 1.807) is 0 Å². The van der Waals surface area contributed by atoms with Crippen LogP contribution in [0.3, 0.4) is 0 Å². The summed E-state index contributed by atoms with van der Waals surface area (Å²) in [6, 6.07) is 8.41. The second-order valence-corrected chi connectivity index (χ2v) is 4.81. The van der Waals surface area contributed by atoms with Gasteiger partial charge in [-0.25, -0.2) is 0 Å². The van der Waals surface area contributed by atoms with Gasteiger partial charge in [0.25, 0.3) is 0 Å². The van der Waals surface area contributed by atoms with E-state index in [1.807, 2.05) is 38.2 Å². The number of likely N-dealkylation sites (N-methyl/N-ethyl adjacent to an activating group) is 1. The van der Waals surface area contributed by atoms with E-state index in [9.17, 15) is 9.90 Å². The Morgan fingerprint density at radius 3 is 2.32 bits per heavy atom. The Labute approximate surface area is 121 Å². The number of carboxylic acids is 1. The molecule has 108 valence electrons. The van der Waals surface area contributed by atoms with Crippen molar-refractivity contribution in [2.45, 2.75) is 45.1 Å². The molecule has 0 aromatic heterocycles. The van der Waals surface area contributed by atoms with Crippen LogP contribution in [-0.4, -0.2) is 24.2 Å². The molecule has 1 aromatic carbocycles. The van der Waals surface area contributed by atoms with E-state index in [0.717, 1.165) is 18.4 Å². The average Bonchev–Trinajstić information content (AvgIpc) is 2.36. The summed E-state index contributed by atoms with van der Waals surface area (Å²) in [7, 11) is 1.95. The lowest BCUT2D eigenvalue weighted by Gasteiger charge is -2.14. The van der Waals surface area contributed by atoms with Gasteiger partial charge in [0.05, 0.1) is 5.92 Å². The molecule has 2 N–H and O–H groups in total. The van der Waals surface area contributed by atoms with Gasteiger partial charge < -0.3 is 10.4 Å². The predicted octanol–water partition coefficient (Wildman–Crippen LogP) is 3.23. The Kier molecular flexibility index (Phi) is 8.44. The van der Waals surface area contributed by atoms with Gasteiger partial charge in [-0.15, -0.1) is 12.4 Å². The fourth-order valence-corrected chi connectivity index (χ4v) is 2.06. The van der Waals surface area contributed by atoms with E-state index >= 15 is 0 Å². The van der Waals surface area contributed by atoms with Crippen molar-refractivity contribution >= 4 is 18.4 Å². The van der Waals surface area contributed by atoms with Crippen LogP contribution in [0.5, 0.6) is 0 Å². The summed E-state index contributed by atoms with van der Waals surface area (Å²) in [6.07, 6.45) is 2.54. The summed E-state index contributed by atoms with van der Waals surface area (Å²) < 4.78 is 0. The second-order valence-electron chi connectivity index (χ2n) is 4.81. The van der Waals surface area contributed by atoms with Crippen LogP contribution >= 0.6 is 12.4 Å². The maximum absolute atomic E-state index is 11.2. The third-order valence-electron chi connectivity index (χ3n) is 3.29. The molecule has 2 atom stereocenters. The van der Waals surface area contributed by atoms with Crippen LogP contribution in [0.25, 0.3) is 0 Å². The van der Waals surface area contributed by atoms with Crippen LogP contribution in [0.4, 0.5) is 0 Å². The molecule has 0 radical (unpaired) electrons. The zero-order chi connectivity index (χ0) is 13.5. The zero-order valence-corrected chi connectivity index (χ0v) is 12.7. The molecule has 0 spiro atoms. The number of hydrogen-bond acceptors (Lipinski definition) is 2. The van der Waals surface area contributed by atoms with Crippen molar-refractivity contribution in [2.75, 3.05) is 7.05 Å². The molecular formula is C15H24ClNO2. The highest BCUT2D eigenvalue weighted by atomic mass is 35.5. The fraction of sp³-hybridized carbons (Fsp3) is 0.533. The van der Waals surface area contributed by atoms with E-state index in [-0.39, 0.29) is 18.3 Å². The first-order valence-electron chi connectivity index (χ1n) is 6.57. The van der Waals surface area contributed by atoms with Gasteiger partial charge in [-0.05, 0) is 37.9 Å². The molecular weight excluding hydrogens is 262 g/mol. The van der Waals surface area contributed by atoms with Gasteiger partial charge in [0.1, 0.15) is 0 Å². The van der Waals surface area contributed by atoms with E-state index in [4.69, 9.17) is 0 Å². The normalized spacial score (nSPS) is 13.4. The highest BCUT2D eigenvalue weighted by Crippen LogP contribution is 2.22. The van der Waals surface area contributed by atoms with Crippen LogP contribution in [0.2, 0.25) is 0 Å². The Balaban J connectivity index is 0.00000324. The monoisotopic (exact) mass is 285 g/mol. The molecule has 0 heterocycles. The maximum atomic E-state index is 11.2. The number of rotatable bonds is 7. The molecule has 0 bridgehead atoms. The Morgan fingerprint density at radius 2 is 1.89 bits per heavy atom. The lowest BCUT2D eigenvalue weighted by atomic mass is 9.93. The van der Waals surface area contributed by atoms with Crippen LogP contribution < -0.4 is 5.32 Å². The van der Waals surface area contributed by atoms with Crippen LogP contribution in [0, 0.1) is 0 Å². The molecule has 0 aliphatic heterocycles. The largest absolute Gasteiger partial charge is 0.481 e. The van der Waals surface area contributed by atoms with Crippen LogP contribution in [0.15, 0.2) is 24.3 Å². The number of aliphatic carboxylic acids is 1. The van der Waals surface area contributed by atoms with Crippen molar-refractivity contribution in [3.63, 3.8) is 0 Å². The van der Waals surface area contributed by atoms with Gasteiger partial charge in [-0.1, -0.05) is 37.6 Å². The first-order valence-corrected chi connectivity index (χ1v) is 6.57. The molecule has 0 aliphatic carbocycles. The molecule has 1 aromatic rings. The molecule has 0 amide bonds. The summed E-state index contributed by atoms with van der Waals surface area (Å²) in [4.78, 5) is 11.2. The van der Waals surface area contributed by atoms with E-state index in [2.05, 4.69) is 12.2 Å². The molecule has 3 nitrogen and oxygen atoms in total. The summed E-state index contributed by atoms with van der Waals surface area (Å²) >= 11 is 0. The molecule has 4 heteroatoms. The molecule has 0 saturated carbocycles. The lowest BCUT2D eigenvalue weighted by Crippen LogP contribution is -2.23. The minimum Gasteiger partial charge on any atom is -0.481 e. The second kappa shape index (κ2) is 8.94. The Bertz CT molecular complexity index is 378. The molecule has 0 fully saturated rings. The summed E-state index contributed by atoms with van der Waals surface area (Å²) in [5, 5.41) is 12.4. The molecule has 19 heavy (non-hydrogen) atoms. The number of benzene rings is 1. The Morgan fingerprint density at radius 1 is 1.32 bits per heavy atom. The fourth-order valence-electron chi connectivity index (χ4n) is 2.06. The van der Waals surface area contributed by atoms with Gasteiger partial charge >= 0.3 is 5.97 Å². The van der Waals surface area contributed by atoms with Crippen LogP contribution in [-0.2, 0) is 11.2 Å². The number of hydrogen-bond donors (Lipinski definition) is 2. The zero-order valence-electron chi connectivity index (χ0n) is 11.8. The number of carboxylic acid groups (broad SMARTS) is 1. The van der Waals surface area contributed by atoms with Gasteiger partial charge in [-0.2, -0.15) is 0 Å². The van der Waals surface area contributed by atoms with Crippen molar-refractivity contribution in [1.29, 1.82) is 0 Å². The summed E-state index contributed by atoms with van der Waals surface area (Å²) in [5.41, 5.74) is 2.14. The first kappa shape index (κ1) is 17.9. The van der Waals surface area contributed by atoms with Crippen molar-refractivity contribution in [3.05, 3.63) is 35.4 Å². The average molecular weight is 286 g/mol. The molecule has 0 saturated heterocycles. The summed E-state index contributed by atoms with van der Waals surface area (Å²) in [6.45, 7) is 4.14. The number of halogens is 1. The first-order chi connectivity index (χ1) is 8.58. The third kappa shape index (κ3) is 5.62. The predicted molar refractivity (Wildman–Crippen MR) is 81.2 cm³/mol. The topological polar surface area (TPSA) is 49.3 Å². The van der Waals surface area contributed by atoms with Gasteiger partial charge in [0, 0.05) is 6.04 Å². The lowest BCUT2D eigenvalue weighted by molar-refractivity contribution is -0.139. The molecule has 1 rings (SSSR count). The minimum absolute atomic E-state index is 0. The van der Waals surface area contributed by atoms with Gasteiger partial charge in [-0.3, -0.25) is 4.79 Å². The summed E-state index contributed by atoms with van der Waals surface area (Å²) in [5.74, 6) is -1.10. The SMILES string of the molecule is CCCC(C(=O)O)c1ccc(CC(C)NC)cc1.Cl.